The number of nitrogens with two attached hydrogens (primary N) is 1. The predicted molar refractivity (Wildman–Crippen MR) is 123 cm³/mol. The van der Waals surface area contributed by atoms with Crippen LogP contribution in [0, 0.1) is 23.1 Å². The second kappa shape index (κ2) is 11.2. The average Bonchev–Trinajstić information content (AvgIpc) is 3.29. The molecule has 0 aliphatic carbocycles. The van der Waals surface area contributed by atoms with E-state index in [1.54, 1.807) is 4.90 Å². The molecule has 11 nitrogen and oxygen atoms in total. The van der Waals surface area contributed by atoms with E-state index in [1.165, 1.54) is 35.1 Å². The molecular weight excluding hydrogens is 457 g/mol. The Bertz CT molecular complexity index is 1080. The number of ether oxygens (including phenoxy) is 2. The maximum absolute atomic E-state index is 13.2. The number of likely N-dealkylation sites (tertiary alicyclic amines) is 1. The van der Waals surface area contributed by atoms with E-state index >= 15 is 0 Å². The van der Waals surface area contributed by atoms with Crippen molar-refractivity contribution >= 4 is 23.5 Å². The number of amides is 2. The number of aromatic nitrogens is 2. The van der Waals surface area contributed by atoms with Gasteiger partial charge in [0, 0.05) is 44.6 Å². The smallest absolute Gasteiger partial charge is 0.409 e. The largest absolute Gasteiger partial charge is 0.448 e. The van der Waals surface area contributed by atoms with Crippen LogP contribution in [0.5, 0.6) is 0 Å². The molecule has 0 spiro atoms. The van der Waals surface area contributed by atoms with Gasteiger partial charge in [-0.05, 0) is 30.7 Å². The zero-order chi connectivity index (χ0) is 24.8. The molecule has 2 saturated heterocycles. The van der Waals surface area contributed by atoms with Crippen molar-refractivity contribution in [3.05, 3.63) is 41.8 Å². The van der Waals surface area contributed by atoms with Crippen LogP contribution in [-0.2, 0) is 9.47 Å². The van der Waals surface area contributed by atoms with Gasteiger partial charge >= 0.3 is 6.09 Å². The summed E-state index contributed by atoms with van der Waals surface area (Å²) in [6, 6.07) is 7.34. The lowest BCUT2D eigenvalue weighted by molar-refractivity contribution is 0.0223. The van der Waals surface area contributed by atoms with Crippen LogP contribution in [0.4, 0.5) is 20.7 Å². The molecule has 2 fully saturated rings. The monoisotopic (exact) mass is 485 g/mol. The van der Waals surface area contributed by atoms with E-state index in [1.807, 2.05) is 0 Å². The molecule has 0 bridgehead atoms. The molecular formula is C23H28FN7O4. The van der Waals surface area contributed by atoms with Crippen molar-refractivity contribution in [1.29, 1.82) is 5.26 Å². The van der Waals surface area contributed by atoms with Crippen molar-refractivity contribution in [3.63, 3.8) is 0 Å². The van der Waals surface area contributed by atoms with Crippen LogP contribution < -0.4 is 11.1 Å². The maximum Gasteiger partial charge on any atom is 0.409 e. The number of anilines is 2. The van der Waals surface area contributed by atoms with E-state index in [0.717, 1.165) is 13.1 Å². The zero-order valence-electron chi connectivity index (χ0n) is 19.2. The molecule has 12 heteroatoms. The molecule has 3 N–H and O–H groups in total. The van der Waals surface area contributed by atoms with Gasteiger partial charge in [-0.2, -0.15) is 10.4 Å². The lowest BCUT2D eigenvalue weighted by Crippen LogP contribution is -2.45. The summed E-state index contributed by atoms with van der Waals surface area (Å²) in [6.45, 7) is 4.44. The summed E-state index contributed by atoms with van der Waals surface area (Å²) >= 11 is 0. The zero-order valence-corrected chi connectivity index (χ0v) is 19.2. The summed E-state index contributed by atoms with van der Waals surface area (Å²) in [6.07, 6.45) is 1.45. The second-order valence-corrected chi connectivity index (χ2v) is 8.47. The number of primary amides is 1. The first-order valence-corrected chi connectivity index (χ1v) is 11.5. The number of nitrogens with zero attached hydrogens (tertiary/aromatic N) is 5. The van der Waals surface area contributed by atoms with Crippen molar-refractivity contribution in [2.45, 2.75) is 12.5 Å². The van der Waals surface area contributed by atoms with Gasteiger partial charge in [0.1, 0.15) is 18.0 Å². The molecule has 2 aliphatic heterocycles. The van der Waals surface area contributed by atoms with E-state index in [0.29, 0.717) is 38.4 Å². The van der Waals surface area contributed by atoms with Gasteiger partial charge in [0.05, 0.1) is 31.2 Å². The highest BCUT2D eigenvalue weighted by Gasteiger charge is 2.35. The van der Waals surface area contributed by atoms with Crippen molar-refractivity contribution in [2.75, 3.05) is 57.9 Å². The standard InChI is InChI=1S/C23H28FN7O4/c24-17-1-3-18(4-2-17)27-22-19(21(26)32)14-31(28-22)20-15-30(6-5-16(20)13-25)23(33)35-12-9-29-7-10-34-11-8-29/h1-4,14,16,20H,5-12,15H2,(H2,26,32)(H,27,28)/t16-,20?/m0/s1. The number of nitrogens with one attached hydrogen (secondary N) is 1. The topological polar surface area (TPSA) is 139 Å². The Morgan fingerprint density at radius 2 is 2.00 bits per heavy atom. The second-order valence-electron chi connectivity index (χ2n) is 8.47. The third-order valence-electron chi connectivity index (χ3n) is 6.19. The third kappa shape index (κ3) is 6.06. The number of hydrogen-bond donors (Lipinski definition) is 2. The fraction of sp³-hybridized carbons (Fsp3) is 0.478. The Morgan fingerprint density at radius 1 is 1.26 bits per heavy atom. The van der Waals surface area contributed by atoms with Gasteiger partial charge in [0.15, 0.2) is 5.82 Å². The van der Waals surface area contributed by atoms with Crippen LogP contribution in [0.25, 0.3) is 0 Å². The fourth-order valence-electron chi connectivity index (χ4n) is 4.20. The van der Waals surface area contributed by atoms with Gasteiger partial charge in [-0.3, -0.25) is 14.4 Å². The minimum Gasteiger partial charge on any atom is -0.448 e. The van der Waals surface area contributed by atoms with E-state index in [4.69, 9.17) is 15.2 Å². The summed E-state index contributed by atoms with van der Waals surface area (Å²) in [5, 5.41) is 17.1. The van der Waals surface area contributed by atoms with Gasteiger partial charge in [0.25, 0.3) is 5.91 Å². The molecule has 4 rings (SSSR count). The summed E-state index contributed by atoms with van der Waals surface area (Å²) in [5.74, 6) is -1.34. The number of carbonyl (C=O) groups is 2. The number of nitriles is 1. The van der Waals surface area contributed by atoms with Crippen LogP contribution in [0.2, 0.25) is 0 Å². The van der Waals surface area contributed by atoms with Crippen molar-refractivity contribution in [1.82, 2.24) is 19.6 Å². The lowest BCUT2D eigenvalue weighted by Gasteiger charge is -2.35. The first-order chi connectivity index (χ1) is 16.9. The van der Waals surface area contributed by atoms with E-state index in [2.05, 4.69) is 21.4 Å². The Labute approximate surface area is 202 Å². The van der Waals surface area contributed by atoms with Gasteiger partial charge in [-0.15, -0.1) is 0 Å². The van der Waals surface area contributed by atoms with Crippen LogP contribution in [0.3, 0.4) is 0 Å². The summed E-state index contributed by atoms with van der Waals surface area (Å²) < 4.78 is 25.5. The number of carbonyl (C=O) groups excluding carboxylic acids is 2. The minimum absolute atomic E-state index is 0.122. The Kier molecular flexibility index (Phi) is 7.79. The molecule has 3 heterocycles. The third-order valence-corrected chi connectivity index (χ3v) is 6.19. The van der Waals surface area contributed by atoms with E-state index < -0.39 is 29.8 Å². The molecule has 2 amide bonds. The van der Waals surface area contributed by atoms with Crippen LogP contribution >= 0.6 is 0 Å². The van der Waals surface area contributed by atoms with Crippen LogP contribution in [0.15, 0.2) is 30.5 Å². The van der Waals surface area contributed by atoms with Crippen molar-refractivity contribution in [2.24, 2.45) is 11.7 Å². The van der Waals surface area contributed by atoms with Gasteiger partial charge < -0.3 is 25.4 Å². The number of morpholine rings is 1. The van der Waals surface area contributed by atoms with Crippen molar-refractivity contribution in [3.8, 4) is 6.07 Å². The number of halogens is 1. The molecule has 0 radical (unpaired) electrons. The fourth-order valence-corrected chi connectivity index (χ4v) is 4.20. The normalized spacial score (nSPS) is 20.7. The van der Waals surface area contributed by atoms with Gasteiger partial charge in [-0.1, -0.05) is 0 Å². The number of rotatable bonds is 7. The van der Waals surface area contributed by atoms with Crippen molar-refractivity contribution < 1.29 is 23.5 Å². The molecule has 186 valence electrons. The molecule has 1 aromatic carbocycles. The SMILES string of the molecule is N#C[C@@H]1CCN(C(=O)OCCN2CCOCC2)CC1n1cc(C(N)=O)c(Nc2ccc(F)cc2)n1. The molecule has 2 aromatic rings. The highest BCUT2D eigenvalue weighted by Crippen LogP contribution is 2.30. The highest BCUT2D eigenvalue weighted by atomic mass is 19.1. The van der Waals surface area contributed by atoms with E-state index in [-0.39, 0.29) is 24.5 Å². The summed E-state index contributed by atoms with van der Waals surface area (Å²) in [7, 11) is 0. The molecule has 2 aliphatic rings. The Morgan fingerprint density at radius 3 is 2.69 bits per heavy atom. The summed E-state index contributed by atoms with van der Waals surface area (Å²) in [4.78, 5) is 28.5. The molecule has 1 unspecified atom stereocenters. The molecule has 0 saturated carbocycles. The van der Waals surface area contributed by atoms with Crippen LogP contribution in [0.1, 0.15) is 22.8 Å². The minimum atomic E-state index is -0.704. The Balaban J connectivity index is 1.44. The average molecular weight is 486 g/mol. The quantitative estimate of drug-likeness (QED) is 0.604. The van der Waals surface area contributed by atoms with Crippen LogP contribution in [-0.4, -0.2) is 84.1 Å². The number of hydrogen-bond acceptors (Lipinski definition) is 8. The first kappa shape index (κ1) is 24.4. The first-order valence-electron chi connectivity index (χ1n) is 11.5. The van der Waals surface area contributed by atoms with Gasteiger partial charge in [0.2, 0.25) is 0 Å². The molecule has 35 heavy (non-hydrogen) atoms. The molecule has 2 atom stereocenters. The lowest BCUT2D eigenvalue weighted by atomic mass is 9.93. The Hall–Kier alpha value is -3.69. The maximum atomic E-state index is 13.2. The predicted octanol–water partition coefficient (Wildman–Crippen LogP) is 1.72. The summed E-state index contributed by atoms with van der Waals surface area (Å²) in [5.41, 5.74) is 6.18. The number of piperidine rings is 1. The van der Waals surface area contributed by atoms with E-state index in [9.17, 15) is 19.2 Å². The van der Waals surface area contributed by atoms with Gasteiger partial charge in [-0.25, -0.2) is 9.18 Å². The number of benzene rings is 1. The molecule has 1 aromatic heterocycles. The highest BCUT2D eigenvalue weighted by molar-refractivity contribution is 5.98.